The molecule has 0 aromatic heterocycles. The second-order valence-corrected chi connectivity index (χ2v) is 6.33. The summed E-state index contributed by atoms with van der Waals surface area (Å²) in [6, 6.07) is 12.8. The van der Waals surface area contributed by atoms with Crippen molar-refractivity contribution in [1.82, 2.24) is 5.32 Å². The first-order valence-corrected chi connectivity index (χ1v) is 9.73. The van der Waals surface area contributed by atoms with Crippen LogP contribution in [-0.2, 0) is 0 Å². The lowest BCUT2D eigenvalue weighted by atomic mass is 10.2. The number of methoxy groups -OCH3 is 1. The molecule has 2 aromatic rings. The molecule has 0 aliphatic carbocycles. The molecule has 0 spiro atoms. The Morgan fingerprint density at radius 1 is 1.03 bits per heavy atom. The van der Waals surface area contributed by atoms with E-state index < -0.39 is 0 Å². The smallest absolute Gasteiger partial charge is 0.251 e. The maximum Gasteiger partial charge on any atom is 0.251 e. The number of hydrogen-bond donors (Lipinski definition) is 2. The van der Waals surface area contributed by atoms with Crippen molar-refractivity contribution in [3.05, 3.63) is 53.6 Å². The molecule has 0 unspecified atom stereocenters. The predicted molar refractivity (Wildman–Crippen MR) is 114 cm³/mol. The second-order valence-electron chi connectivity index (χ2n) is 6.33. The molecule has 0 aliphatic rings. The van der Waals surface area contributed by atoms with Crippen molar-refractivity contribution >= 4 is 12.1 Å². The van der Waals surface area contributed by atoms with Gasteiger partial charge in [0.2, 0.25) is 0 Å². The van der Waals surface area contributed by atoms with Gasteiger partial charge >= 0.3 is 0 Å². The van der Waals surface area contributed by atoms with Gasteiger partial charge in [0.15, 0.2) is 11.5 Å². The second kappa shape index (κ2) is 12.3. The van der Waals surface area contributed by atoms with E-state index in [1.807, 2.05) is 31.2 Å². The summed E-state index contributed by atoms with van der Waals surface area (Å²) in [6.45, 7) is 3.68. The summed E-state index contributed by atoms with van der Waals surface area (Å²) in [7, 11) is 1.57. The van der Waals surface area contributed by atoms with Crippen LogP contribution in [0, 0.1) is 0 Å². The van der Waals surface area contributed by atoms with Crippen LogP contribution in [-0.4, -0.2) is 39.0 Å². The first kappa shape index (κ1) is 22.1. The van der Waals surface area contributed by atoms with Gasteiger partial charge in [-0.05, 0) is 74.2 Å². The number of ether oxygens (including phenoxy) is 3. The normalized spacial score (nSPS) is 10.7. The van der Waals surface area contributed by atoms with E-state index in [0.717, 1.165) is 30.6 Å². The predicted octanol–water partition coefficient (Wildman–Crippen LogP) is 3.37. The Hall–Kier alpha value is -3.22. The number of amides is 1. The van der Waals surface area contributed by atoms with Crippen molar-refractivity contribution in [2.45, 2.75) is 26.2 Å². The van der Waals surface area contributed by atoms with Crippen LogP contribution in [0.5, 0.6) is 17.2 Å². The zero-order valence-electron chi connectivity index (χ0n) is 17.0. The number of carbonyl (C=O) groups is 1. The summed E-state index contributed by atoms with van der Waals surface area (Å²) in [5, 5.41) is 6.25. The molecular weight excluding hydrogens is 370 g/mol. The number of hydrogen-bond acceptors (Lipinski definition) is 6. The summed E-state index contributed by atoms with van der Waals surface area (Å²) in [5.41, 5.74) is 1.49. The van der Waals surface area contributed by atoms with E-state index >= 15 is 0 Å². The minimum absolute atomic E-state index is 0.125. The lowest BCUT2D eigenvalue weighted by Crippen LogP contribution is -2.22. The Morgan fingerprint density at radius 2 is 1.76 bits per heavy atom. The Balaban J connectivity index is 1.67. The van der Waals surface area contributed by atoms with E-state index in [2.05, 4.69) is 10.4 Å². The quantitative estimate of drug-likeness (QED) is 0.247. The van der Waals surface area contributed by atoms with E-state index in [9.17, 15) is 4.79 Å². The number of rotatable bonds is 12. The summed E-state index contributed by atoms with van der Waals surface area (Å²) in [4.78, 5) is 11.9. The van der Waals surface area contributed by atoms with Gasteiger partial charge in [0, 0.05) is 12.1 Å². The Kier molecular flexibility index (Phi) is 9.35. The lowest BCUT2D eigenvalue weighted by molar-refractivity contribution is 0.0955. The third-order valence-corrected chi connectivity index (χ3v) is 4.18. The topological polar surface area (TPSA) is 95.2 Å². The molecular formula is C22H29N3O4. The van der Waals surface area contributed by atoms with Crippen LogP contribution in [0.2, 0.25) is 0 Å². The molecule has 0 aliphatic heterocycles. The van der Waals surface area contributed by atoms with Crippen LogP contribution in [0.4, 0.5) is 0 Å². The van der Waals surface area contributed by atoms with Crippen LogP contribution >= 0.6 is 0 Å². The molecule has 2 rings (SSSR count). The third-order valence-electron chi connectivity index (χ3n) is 4.18. The fourth-order valence-corrected chi connectivity index (χ4v) is 2.68. The van der Waals surface area contributed by atoms with Gasteiger partial charge in [0.25, 0.3) is 5.91 Å². The number of nitrogens with two attached hydrogens (primary N) is 1. The number of nitrogens with one attached hydrogen (secondary N) is 1. The number of hydrazone groups is 1. The van der Waals surface area contributed by atoms with Gasteiger partial charge in [-0.1, -0.05) is 0 Å². The standard InChI is InChI=1S/C22H29N3O4/c1-3-24-22(26)18-9-12-20(21(15-18)27-2)29-14-6-4-5-13-28-19-10-7-17(8-11-19)16-25-23/h7-12,15-16H,3-6,13-14,23H2,1-2H3,(H,24,26). The molecule has 0 saturated carbocycles. The number of unbranched alkanes of at least 4 members (excludes halogenated alkanes) is 2. The van der Waals surface area contributed by atoms with Crippen LogP contribution in [0.1, 0.15) is 42.1 Å². The summed E-state index contributed by atoms with van der Waals surface area (Å²) in [6.07, 6.45) is 4.41. The van der Waals surface area contributed by atoms with Gasteiger partial charge in [-0.2, -0.15) is 5.10 Å². The van der Waals surface area contributed by atoms with E-state index in [-0.39, 0.29) is 5.91 Å². The van der Waals surface area contributed by atoms with Gasteiger partial charge in [-0.25, -0.2) is 0 Å². The molecule has 0 fully saturated rings. The number of carbonyl (C=O) groups excluding carboxylic acids is 1. The minimum Gasteiger partial charge on any atom is -0.494 e. The minimum atomic E-state index is -0.125. The average molecular weight is 399 g/mol. The third kappa shape index (κ3) is 7.37. The summed E-state index contributed by atoms with van der Waals surface area (Å²) >= 11 is 0. The summed E-state index contributed by atoms with van der Waals surface area (Å²) < 4.78 is 16.9. The SMILES string of the molecule is CCNC(=O)c1ccc(OCCCCCOc2ccc(C=NN)cc2)c(OC)c1. The van der Waals surface area contributed by atoms with Crippen LogP contribution in [0.25, 0.3) is 0 Å². The molecule has 156 valence electrons. The molecule has 7 heteroatoms. The molecule has 7 nitrogen and oxygen atoms in total. The molecule has 0 saturated heterocycles. The van der Waals surface area contributed by atoms with Gasteiger partial charge in [0.05, 0.1) is 26.5 Å². The Morgan fingerprint density at radius 3 is 2.41 bits per heavy atom. The average Bonchev–Trinajstić information content (AvgIpc) is 2.74. The molecule has 1 amide bonds. The lowest BCUT2D eigenvalue weighted by Gasteiger charge is -2.12. The van der Waals surface area contributed by atoms with Gasteiger partial charge in [0.1, 0.15) is 5.75 Å². The van der Waals surface area contributed by atoms with Gasteiger partial charge in [-0.15, -0.1) is 0 Å². The molecule has 0 heterocycles. The first-order valence-electron chi connectivity index (χ1n) is 9.73. The largest absolute Gasteiger partial charge is 0.494 e. The van der Waals surface area contributed by atoms with Crippen molar-refractivity contribution in [1.29, 1.82) is 0 Å². The molecule has 2 aromatic carbocycles. The maximum absolute atomic E-state index is 11.9. The fourth-order valence-electron chi connectivity index (χ4n) is 2.68. The molecule has 3 N–H and O–H groups in total. The van der Waals surface area contributed by atoms with E-state index in [0.29, 0.717) is 36.8 Å². The summed E-state index contributed by atoms with van der Waals surface area (Å²) in [5.74, 6) is 7.02. The van der Waals surface area contributed by atoms with Crippen molar-refractivity contribution in [2.24, 2.45) is 10.9 Å². The van der Waals surface area contributed by atoms with Crippen LogP contribution in [0.3, 0.4) is 0 Å². The molecule has 29 heavy (non-hydrogen) atoms. The van der Waals surface area contributed by atoms with Crippen LogP contribution < -0.4 is 25.4 Å². The van der Waals surface area contributed by atoms with E-state index in [1.165, 1.54) is 0 Å². The first-order chi connectivity index (χ1) is 14.2. The van der Waals surface area contributed by atoms with E-state index in [4.69, 9.17) is 20.1 Å². The zero-order chi connectivity index (χ0) is 20.9. The maximum atomic E-state index is 11.9. The van der Waals surface area contributed by atoms with E-state index in [1.54, 1.807) is 31.5 Å². The van der Waals surface area contributed by atoms with Crippen molar-refractivity contribution in [3.8, 4) is 17.2 Å². The number of benzene rings is 2. The molecule has 0 radical (unpaired) electrons. The van der Waals surface area contributed by atoms with Crippen molar-refractivity contribution in [3.63, 3.8) is 0 Å². The van der Waals surface area contributed by atoms with Crippen molar-refractivity contribution in [2.75, 3.05) is 26.9 Å². The Bertz CT molecular complexity index is 791. The highest BCUT2D eigenvalue weighted by Crippen LogP contribution is 2.28. The molecule has 0 bridgehead atoms. The highest BCUT2D eigenvalue weighted by molar-refractivity contribution is 5.94. The van der Waals surface area contributed by atoms with Gasteiger partial charge in [-0.3, -0.25) is 4.79 Å². The molecule has 0 atom stereocenters. The fraction of sp³-hybridized carbons (Fsp3) is 0.364. The Labute approximate surface area is 171 Å². The monoisotopic (exact) mass is 399 g/mol. The van der Waals surface area contributed by atoms with Crippen LogP contribution in [0.15, 0.2) is 47.6 Å². The highest BCUT2D eigenvalue weighted by Gasteiger charge is 2.10. The van der Waals surface area contributed by atoms with Crippen molar-refractivity contribution < 1.29 is 19.0 Å². The number of nitrogens with zero attached hydrogens (tertiary/aromatic N) is 1. The highest BCUT2D eigenvalue weighted by atomic mass is 16.5. The zero-order valence-corrected chi connectivity index (χ0v) is 17.0. The van der Waals surface area contributed by atoms with Gasteiger partial charge < -0.3 is 25.4 Å².